The average Bonchev–Trinajstić information content (AvgIpc) is 3.16. The van der Waals surface area contributed by atoms with Crippen LogP contribution in [0, 0.1) is 5.92 Å². The van der Waals surface area contributed by atoms with Crippen LogP contribution in [-0.2, 0) is 4.74 Å². The summed E-state index contributed by atoms with van der Waals surface area (Å²) in [5, 5.41) is 9.52. The molecule has 136 valence electrons. The Bertz CT molecular complexity index is 646. The van der Waals surface area contributed by atoms with Crippen molar-refractivity contribution in [3.8, 4) is 0 Å². The Morgan fingerprint density at radius 1 is 1.24 bits per heavy atom. The summed E-state index contributed by atoms with van der Waals surface area (Å²) in [5.41, 5.74) is 8.11. The molecule has 2 saturated carbocycles. The lowest BCUT2D eigenvalue weighted by molar-refractivity contribution is -0.0500. The number of aliphatic hydroxyl groups is 1. The summed E-state index contributed by atoms with van der Waals surface area (Å²) < 4.78 is 6.36. The monoisotopic (exact) mass is 345 g/mol. The van der Waals surface area contributed by atoms with Crippen LogP contribution >= 0.6 is 0 Å². The Labute approximate surface area is 148 Å². The van der Waals surface area contributed by atoms with Gasteiger partial charge in [-0.2, -0.15) is 0 Å². The molecule has 4 atom stereocenters. The third kappa shape index (κ3) is 3.03. The molecule has 0 radical (unpaired) electrons. The van der Waals surface area contributed by atoms with E-state index in [9.17, 15) is 5.11 Å². The number of aromatic nitrogens is 2. The highest BCUT2D eigenvalue weighted by Crippen LogP contribution is 2.45. The number of hydrogen-bond acceptors (Lipinski definition) is 7. The minimum Gasteiger partial charge on any atom is -0.389 e. The number of anilines is 1. The van der Waals surface area contributed by atoms with E-state index in [4.69, 9.17) is 4.74 Å². The molecule has 2 aliphatic carbocycles. The van der Waals surface area contributed by atoms with Crippen molar-refractivity contribution in [3.63, 3.8) is 0 Å². The predicted molar refractivity (Wildman–Crippen MR) is 92.9 cm³/mol. The van der Waals surface area contributed by atoms with Crippen molar-refractivity contribution in [2.45, 2.75) is 68.9 Å². The van der Waals surface area contributed by atoms with E-state index in [1.807, 2.05) is 0 Å². The summed E-state index contributed by atoms with van der Waals surface area (Å²) in [5.74, 6) is 1.40. The molecule has 4 aliphatic rings. The van der Waals surface area contributed by atoms with Gasteiger partial charge in [0.05, 0.1) is 29.5 Å². The van der Waals surface area contributed by atoms with Crippen LogP contribution in [0.4, 0.5) is 5.82 Å². The molecule has 0 amide bonds. The lowest BCUT2D eigenvalue weighted by Gasteiger charge is -2.37. The molecule has 7 heteroatoms. The van der Waals surface area contributed by atoms with E-state index in [0.29, 0.717) is 31.2 Å². The highest BCUT2D eigenvalue weighted by Gasteiger charge is 2.46. The minimum absolute atomic E-state index is 0.146. The summed E-state index contributed by atoms with van der Waals surface area (Å²) in [7, 11) is 0. The smallest absolute Gasteiger partial charge is 0.132 e. The molecule has 2 saturated heterocycles. The second kappa shape index (κ2) is 5.87. The number of fused-ring (bicyclic) bond motifs is 1. The van der Waals surface area contributed by atoms with E-state index in [2.05, 4.69) is 38.7 Å². The van der Waals surface area contributed by atoms with Crippen molar-refractivity contribution in [2.24, 2.45) is 5.92 Å². The molecule has 0 bridgehead atoms. The van der Waals surface area contributed by atoms with Gasteiger partial charge >= 0.3 is 0 Å². The van der Waals surface area contributed by atoms with Crippen molar-refractivity contribution < 1.29 is 9.84 Å². The van der Waals surface area contributed by atoms with Gasteiger partial charge in [-0.15, -0.1) is 0 Å². The van der Waals surface area contributed by atoms with Gasteiger partial charge in [0.15, 0.2) is 0 Å². The van der Waals surface area contributed by atoms with Gasteiger partial charge in [0, 0.05) is 31.1 Å². The molecule has 1 aromatic rings. The van der Waals surface area contributed by atoms with Gasteiger partial charge in [-0.3, -0.25) is 5.43 Å². The van der Waals surface area contributed by atoms with Crippen LogP contribution in [0.1, 0.15) is 50.8 Å². The van der Waals surface area contributed by atoms with Gasteiger partial charge < -0.3 is 14.7 Å². The standard InChI is InChI=1S/C18H27N5O2/c1-18(4-5-18)25-12-2-3-14-13(6-12)17(22-21-14)15-7-16(20-10-19-15)23-8-11(24)9-23/h7,10-14,17,21-22,24H,2-6,8-9H2,1H3. The molecule has 1 aromatic heterocycles. The molecule has 3 N–H and O–H groups in total. The average molecular weight is 345 g/mol. The Morgan fingerprint density at radius 3 is 2.84 bits per heavy atom. The fourth-order valence-corrected chi connectivity index (χ4v) is 4.46. The van der Waals surface area contributed by atoms with E-state index in [0.717, 1.165) is 30.8 Å². The van der Waals surface area contributed by atoms with E-state index in [1.54, 1.807) is 6.33 Å². The van der Waals surface area contributed by atoms with Gasteiger partial charge in [-0.25, -0.2) is 15.4 Å². The summed E-state index contributed by atoms with van der Waals surface area (Å²) in [6, 6.07) is 2.75. The Morgan fingerprint density at radius 2 is 2.08 bits per heavy atom. The SMILES string of the molecule is CC1(OC2CCC3NNC(c4cc(N5CC(O)C5)ncn4)C3C2)CC1. The van der Waals surface area contributed by atoms with Crippen LogP contribution in [0.5, 0.6) is 0 Å². The first-order valence-electron chi connectivity index (χ1n) is 9.53. The number of ether oxygens (including phenoxy) is 1. The van der Waals surface area contributed by atoms with Gasteiger partial charge in [0.2, 0.25) is 0 Å². The maximum Gasteiger partial charge on any atom is 0.132 e. The highest BCUT2D eigenvalue weighted by molar-refractivity contribution is 5.43. The highest BCUT2D eigenvalue weighted by atomic mass is 16.5. The van der Waals surface area contributed by atoms with Gasteiger partial charge in [-0.05, 0) is 39.0 Å². The lowest BCUT2D eigenvalue weighted by Crippen LogP contribution is -2.51. The lowest BCUT2D eigenvalue weighted by atomic mass is 9.79. The molecule has 5 rings (SSSR count). The molecule has 4 fully saturated rings. The number of nitrogens with zero attached hydrogens (tertiary/aromatic N) is 3. The number of hydrazine groups is 1. The molecule has 3 heterocycles. The first-order chi connectivity index (χ1) is 12.1. The molecule has 2 aliphatic heterocycles. The van der Waals surface area contributed by atoms with Crippen LogP contribution in [0.25, 0.3) is 0 Å². The van der Waals surface area contributed by atoms with Crippen molar-refractivity contribution in [3.05, 3.63) is 18.1 Å². The Hall–Kier alpha value is -1.28. The maximum absolute atomic E-state index is 9.52. The third-order valence-electron chi connectivity index (χ3n) is 6.29. The topological polar surface area (TPSA) is 82.5 Å². The van der Waals surface area contributed by atoms with Crippen molar-refractivity contribution in [2.75, 3.05) is 18.0 Å². The number of nitrogens with one attached hydrogen (secondary N) is 2. The van der Waals surface area contributed by atoms with Crippen LogP contribution in [0.2, 0.25) is 0 Å². The number of hydrogen-bond donors (Lipinski definition) is 3. The van der Waals surface area contributed by atoms with Crippen LogP contribution in [0.15, 0.2) is 12.4 Å². The van der Waals surface area contributed by atoms with E-state index in [1.165, 1.54) is 12.8 Å². The van der Waals surface area contributed by atoms with Crippen molar-refractivity contribution in [1.82, 2.24) is 20.8 Å². The predicted octanol–water partition coefficient (Wildman–Crippen LogP) is 0.913. The van der Waals surface area contributed by atoms with Crippen molar-refractivity contribution in [1.29, 1.82) is 0 Å². The number of β-amino-alcohol motifs (C(OH)–C–C–N with tert-alkyl or cyclic N) is 1. The van der Waals surface area contributed by atoms with Crippen molar-refractivity contribution >= 4 is 5.82 Å². The number of rotatable bonds is 4. The van der Waals surface area contributed by atoms with Gasteiger partial charge in [-0.1, -0.05) is 0 Å². The molecule has 0 aromatic carbocycles. The largest absolute Gasteiger partial charge is 0.389 e. The van der Waals surface area contributed by atoms with E-state index < -0.39 is 0 Å². The normalized spacial score (nSPS) is 36.8. The zero-order valence-electron chi connectivity index (χ0n) is 14.7. The Kier molecular flexibility index (Phi) is 3.74. The minimum atomic E-state index is -0.228. The zero-order chi connectivity index (χ0) is 17.0. The molecular formula is C18H27N5O2. The van der Waals surface area contributed by atoms with Crippen LogP contribution < -0.4 is 15.8 Å². The Balaban J connectivity index is 1.31. The molecule has 25 heavy (non-hydrogen) atoms. The van der Waals surface area contributed by atoms with E-state index >= 15 is 0 Å². The fourth-order valence-electron chi connectivity index (χ4n) is 4.46. The molecular weight excluding hydrogens is 318 g/mol. The van der Waals surface area contributed by atoms with Gasteiger partial charge in [0.1, 0.15) is 12.1 Å². The number of aliphatic hydroxyl groups excluding tert-OH is 1. The fraction of sp³-hybridized carbons (Fsp3) is 0.778. The third-order valence-corrected chi connectivity index (χ3v) is 6.29. The summed E-state index contributed by atoms with van der Waals surface area (Å²) in [4.78, 5) is 11.0. The zero-order valence-corrected chi connectivity index (χ0v) is 14.7. The molecule has 0 spiro atoms. The van der Waals surface area contributed by atoms with Crippen LogP contribution in [-0.4, -0.2) is 52.0 Å². The second-order valence-electron chi connectivity index (χ2n) is 8.40. The van der Waals surface area contributed by atoms with Crippen LogP contribution in [0.3, 0.4) is 0 Å². The summed E-state index contributed by atoms with van der Waals surface area (Å²) in [6.07, 6.45) is 7.55. The first-order valence-corrected chi connectivity index (χ1v) is 9.53. The van der Waals surface area contributed by atoms with E-state index in [-0.39, 0.29) is 17.7 Å². The first kappa shape index (κ1) is 15.9. The maximum atomic E-state index is 9.52. The summed E-state index contributed by atoms with van der Waals surface area (Å²) >= 11 is 0. The quantitative estimate of drug-likeness (QED) is 0.748. The molecule has 4 unspecified atom stereocenters. The van der Waals surface area contributed by atoms with Gasteiger partial charge in [0.25, 0.3) is 0 Å². The summed E-state index contributed by atoms with van der Waals surface area (Å²) in [6.45, 7) is 3.56. The molecule has 7 nitrogen and oxygen atoms in total. The second-order valence-corrected chi connectivity index (χ2v) is 8.40.